The third kappa shape index (κ3) is 5.53. The molecule has 1 atom stereocenters. The van der Waals surface area contributed by atoms with Gasteiger partial charge in [-0.2, -0.15) is 13.2 Å². The van der Waals surface area contributed by atoms with Gasteiger partial charge in [-0.05, 0) is 13.8 Å². The molecule has 8 heteroatoms. The summed E-state index contributed by atoms with van der Waals surface area (Å²) in [5, 5.41) is 19.1. The summed E-state index contributed by atoms with van der Waals surface area (Å²) in [5.41, 5.74) is -1.37. The van der Waals surface area contributed by atoms with Gasteiger partial charge in [-0.15, -0.1) is 0 Å². The lowest BCUT2D eigenvalue weighted by molar-refractivity contribution is -0.201. The molecular formula is C9H14F3NO4. The van der Waals surface area contributed by atoms with Crippen LogP contribution in [0.3, 0.4) is 0 Å². The van der Waals surface area contributed by atoms with Crippen molar-refractivity contribution in [2.24, 2.45) is 5.41 Å². The third-order valence-corrected chi connectivity index (χ3v) is 2.05. The Bertz CT molecular complexity index is 301. The zero-order valence-electron chi connectivity index (χ0n) is 9.34. The van der Waals surface area contributed by atoms with Gasteiger partial charge in [-0.3, -0.25) is 9.59 Å². The van der Waals surface area contributed by atoms with Crippen LogP contribution >= 0.6 is 0 Å². The molecule has 0 bridgehead atoms. The molecule has 0 heterocycles. The number of aliphatic carboxylic acids is 1. The first-order valence-electron chi connectivity index (χ1n) is 4.71. The topological polar surface area (TPSA) is 86.6 Å². The number of carbonyl (C=O) groups excluding carboxylic acids is 1. The molecule has 0 aromatic carbocycles. The average molecular weight is 257 g/mol. The van der Waals surface area contributed by atoms with Crippen LogP contribution in [0.2, 0.25) is 0 Å². The van der Waals surface area contributed by atoms with E-state index in [0.717, 1.165) is 0 Å². The molecule has 17 heavy (non-hydrogen) atoms. The Morgan fingerprint density at radius 1 is 1.29 bits per heavy atom. The number of aliphatic hydroxyl groups is 1. The van der Waals surface area contributed by atoms with Gasteiger partial charge in [0.05, 0.1) is 12.0 Å². The van der Waals surface area contributed by atoms with Gasteiger partial charge in [0.15, 0.2) is 6.10 Å². The van der Waals surface area contributed by atoms with Crippen LogP contribution in [0, 0.1) is 5.41 Å². The van der Waals surface area contributed by atoms with Crippen molar-refractivity contribution in [3.05, 3.63) is 0 Å². The van der Waals surface area contributed by atoms with E-state index in [0.29, 0.717) is 0 Å². The Labute approximate surface area is 95.6 Å². The van der Waals surface area contributed by atoms with Gasteiger partial charge >= 0.3 is 12.1 Å². The van der Waals surface area contributed by atoms with E-state index < -0.39 is 42.5 Å². The fourth-order valence-corrected chi connectivity index (χ4v) is 0.866. The lowest BCUT2D eigenvalue weighted by atomic mass is 9.89. The lowest BCUT2D eigenvalue weighted by Crippen LogP contribution is -2.42. The Morgan fingerprint density at radius 2 is 1.76 bits per heavy atom. The lowest BCUT2D eigenvalue weighted by Gasteiger charge is -2.19. The molecule has 0 radical (unpaired) electrons. The SMILES string of the molecule is CC(C)(CC(=O)NCC(O)C(F)(F)F)C(=O)O. The molecule has 1 amide bonds. The van der Waals surface area contributed by atoms with Gasteiger partial charge in [-0.25, -0.2) is 0 Å². The maximum atomic E-state index is 11.9. The summed E-state index contributed by atoms with van der Waals surface area (Å²) in [6, 6.07) is 0. The molecule has 5 nitrogen and oxygen atoms in total. The maximum absolute atomic E-state index is 11.9. The summed E-state index contributed by atoms with van der Waals surface area (Å²) in [5.74, 6) is -2.09. The van der Waals surface area contributed by atoms with Gasteiger partial charge in [-0.1, -0.05) is 0 Å². The Hall–Kier alpha value is -1.31. The fraction of sp³-hybridized carbons (Fsp3) is 0.778. The highest BCUT2D eigenvalue weighted by molar-refractivity contribution is 5.84. The summed E-state index contributed by atoms with van der Waals surface area (Å²) in [6.45, 7) is 1.56. The van der Waals surface area contributed by atoms with Gasteiger partial charge in [0.2, 0.25) is 5.91 Å². The van der Waals surface area contributed by atoms with Crippen molar-refractivity contribution in [2.45, 2.75) is 32.5 Å². The highest BCUT2D eigenvalue weighted by Crippen LogP contribution is 2.21. The Morgan fingerprint density at radius 3 is 2.12 bits per heavy atom. The van der Waals surface area contributed by atoms with Crippen LogP contribution < -0.4 is 5.32 Å². The summed E-state index contributed by atoms with van der Waals surface area (Å²) < 4.78 is 35.6. The van der Waals surface area contributed by atoms with E-state index in [1.165, 1.54) is 13.8 Å². The van der Waals surface area contributed by atoms with Crippen molar-refractivity contribution in [3.8, 4) is 0 Å². The van der Waals surface area contributed by atoms with E-state index in [1.807, 2.05) is 5.32 Å². The number of carboxylic acids is 1. The summed E-state index contributed by atoms with van der Waals surface area (Å²) >= 11 is 0. The van der Waals surface area contributed by atoms with Crippen molar-refractivity contribution in [2.75, 3.05) is 6.54 Å². The Kier molecular flexibility index (Phi) is 4.94. The molecule has 0 rings (SSSR count). The minimum atomic E-state index is -4.81. The minimum Gasteiger partial charge on any atom is -0.481 e. The van der Waals surface area contributed by atoms with Crippen molar-refractivity contribution in [1.82, 2.24) is 5.32 Å². The van der Waals surface area contributed by atoms with Crippen LogP contribution in [0.4, 0.5) is 13.2 Å². The highest BCUT2D eigenvalue weighted by atomic mass is 19.4. The molecule has 100 valence electrons. The highest BCUT2D eigenvalue weighted by Gasteiger charge is 2.38. The predicted octanol–water partition coefficient (Wildman–Crippen LogP) is 0.527. The number of nitrogens with one attached hydrogen (secondary N) is 1. The summed E-state index contributed by atoms with van der Waals surface area (Å²) in [4.78, 5) is 21.8. The quantitative estimate of drug-likeness (QED) is 0.670. The van der Waals surface area contributed by atoms with E-state index in [2.05, 4.69) is 0 Å². The van der Waals surface area contributed by atoms with Crippen LogP contribution in [0.1, 0.15) is 20.3 Å². The van der Waals surface area contributed by atoms with E-state index in [9.17, 15) is 22.8 Å². The number of alkyl halides is 3. The smallest absolute Gasteiger partial charge is 0.416 e. The molecule has 0 aliphatic rings. The first-order chi connectivity index (χ1) is 7.47. The first kappa shape index (κ1) is 15.7. The molecule has 0 saturated heterocycles. The molecule has 0 aromatic heterocycles. The van der Waals surface area contributed by atoms with Gasteiger partial charge in [0.1, 0.15) is 0 Å². The monoisotopic (exact) mass is 257 g/mol. The first-order valence-corrected chi connectivity index (χ1v) is 4.71. The van der Waals surface area contributed by atoms with Crippen molar-refractivity contribution in [1.29, 1.82) is 0 Å². The van der Waals surface area contributed by atoms with E-state index in [-0.39, 0.29) is 0 Å². The van der Waals surface area contributed by atoms with Gasteiger partial charge < -0.3 is 15.5 Å². The van der Waals surface area contributed by atoms with Crippen molar-refractivity contribution in [3.63, 3.8) is 0 Å². The largest absolute Gasteiger partial charge is 0.481 e. The molecule has 0 saturated carbocycles. The zero-order chi connectivity index (χ0) is 13.9. The third-order valence-electron chi connectivity index (χ3n) is 2.05. The van der Waals surface area contributed by atoms with Crippen molar-refractivity contribution >= 4 is 11.9 Å². The molecule has 0 spiro atoms. The normalized spacial score (nSPS) is 14.2. The van der Waals surface area contributed by atoms with Crippen LogP contribution in [0.25, 0.3) is 0 Å². The number of aliphatic hydroxyl groups excluding tert-OH is 1. The number of carbonyl (C=O) groups is 2. The maximum Gasteiger partial charge on any atom is 0.416 e. The zero-order valence-corrected chi connectivity index (χ0v) is 9.34. The van der Waals surface area contributed by atoms with Crippen LogP contribution in [0.5, 0.6) is 0 Å². The van der Waals surface area contributed by atoms with Crippen LogP contribution in [-0.4, -0.2) is 40.9 Å². The van der Waals surface area contributed by atoms with Crippen LogP contribution in [-0.2, 0) is 9.59 Å². The second-order valence-corrected chi connectivity index (χ2v) is 4.23. The summed E-state index contributed by atoms with van der Waals surface area (Å²) in [7, 11) is 0. The van der Waals surface area contributed by atoms with E-state index in [4.69, 9.17) is 10.2 Å². The van der Waals surface area contributed by atoms with Gasteiger partial charge in [0, 0.05) is 6.42 Å². The van der Waals surface area contributed by atoms with Crippen LogP contribution in [0.15, 0.2) is 0 Å². The van der Waals surface area contributed by atoms with Gasteiger partial charge in [0.25, 0.3) is 0 Å². The van der Waals surface area contributed by atoms with E-state index >= 15 is 0 Å². The molecule has 0 aromatic rings. The van der Waals surface area contributed by atoms with E-state index in [1.54, 1.807) is 0 Å². The average Bonchev–Trinajstić information content (AvgIpc) is 2.11. The number of carboxylic acid groups (broad SMARTS) is 1. The second kappa shape index (κ2) is 5.35. The number of halogens is 3. The number of hydrogen-bond donors (Lipinski definition) is 3. The summed E-state index contributed by atoms with van der Waals surface area (Å²) in [6.07, 6.45) is -7.93. The molecule has 3 N–H and O–H groups in total. The molecule has 0 aliphatic heterocycles. The Balaban J connectivity index is 4.18. The fourth-order valence-electron chi connectivity index (χ4n) is 0.866. The molecule has 0 fully saturated rings. The van der Waals surface area contributed by atoms with Crippen molar-refractivity contribution < 1.29 is 33.0 Å². The molecular weight excluding hydrogens is 243 g/mol. The second-order valence-electron chi connectivity index (χ2n) is 4.23. The standard InChI is InChI=1S/C9H14F3NO4/c1-8(2,7(16)17)3-6(15)13-4-5(14)9(10,11)12/h5,14H,3-4H2,1-2H3,(H,13,15)(H,16,17). The minimum absolute atomic E-state index is 0.465. The molecule has 1 unspecified atom stereocenters. The number of rotatable bonds is 5. The predicted molar refractivity (Wildman–Crippen MR) is 51.1 cm³/mol. The number of hydrogen-bond acceptors (Lipinski definition) is 3. The number of amides is 1. The molecule has 0 aliphatic carbocycles.